The lowest BCUT2D eigenvalue weighted by atomic mass is 9.74. The molecule has 1 saturated carbocycles. The number of fused-ring (bicyclic) bond motifs is 1. The van der Waals surface area contributed by atoms with Gasteiger partial charge in [-0.25, -0.2) is 13.2 Å². The Kier molecular flexibility index (Phi) is 5.10. The normalized spacial score (nSPS) is 19.0. The lowest BCUT2D eigenvalue weighted by molar-refractivity contribution is 0.354. The van der Waals surface area contributed by atoms with E-state index in [1.54, 1.807) is 19.1 Å². The van der Waals surface area contributed by atoms with Crippen LogP contribution in [0.25, 0.3) is 22.2 Å². The van der Waals surface area contributed by atoms with Gasteiger partial charge in [0.05, 0.1) is 11.2 Å². The number of aromatic nitrogens is 1. The summed E-state index contributed by atoms with van der Waals surface area (Å²) >= 11 is 0. The smallest absolute Gasteiger partial charge is 0.150 e. The van der Waals surface area contributed by atoms with Crippen LogP contribution in [0.5, 0.6) is 0 Å². The molecule has 0 spiro atoms. The number of aryl methyl sites for hydroxylation is 1. The fourth-order valence-electron chi connectivity index (χ4n) is 3.59. The van der Waals surface area contributed by atoms with Gasteiger partial charge in [0.15, 0.2) is 0 Å². The molecule has 0 aliphatic heterocycles. The first kappa shape index (κ1) is 18.5. The highest BCUT2D eigenvalue weighted by Gasteiger charge is 2.32. The van der Waals surface area contributed by atoms with Gasteiger partial charge in [0, 0.05) is 17.5 Å². The number of nitrogens with one attached hydrogen (secondary N) is 1. The number of benzene rings is 2. The molecule has 1 aromatic heterocycles. The first-order valence-corrected chi connectivity index (χ1v) is 8.96. The third-order valence-corrected chi connectivity index (χ3v) is 4.89. The Hall–Kier alpha value is -2.27. The van der Waals surface area contributed by atoms with E-state index in [0.29, 0.717) is 10.9 Å². The monoisotopic (exact) mass is 360 g/mol. The van der Waals surface area contributed by atoms with Gasteiger partial charge in [-0.2, -0.15) is 0 Å². The minimum absolute atomic E-state index is 0.112. The zero-order valence-corrected chi connectivity index (χ0v) is 15.2. The Labute approximate surface area is 151 Å². The quantitative estimate of drug-likeness (QED) is 0.596. The number of H-pyrrole nitrogens is 1. The summed E-state index contributed by atoms with van der Waals surface area (Å²) in [5.41, 5.74) is 9.05. The minimum atomic E-state index is -0.625. The van der Waals surface area contributed by atoms with Gasteiger partial charge < -0.3 is 10.7 Å². The van der Waals surface area contributed by atoms with E-state index in [1.165, 1.54) is 12.1 Å². The first-order valence-electron chi connectivity index (χ1n) is 8.96. The van der Waals surface area contributed by atoms with Gasteiger partial charge in [0.2, 0.25) is 0 Å². The SMILES string of the molecule is CC.Cc1cc(-c2[nH]c3c(F)cc(F)cc3c2C2CC(N)C2)ccc1F. The van der Waals surface area contributed by atoms with Gasteiger partial charge in [-0.15, -0.1) is 0 Å². The molecular weight excluding hydrogens is 337 g/mol. The largest absolute Gasteiger partial charge is 0.352 e. The van der Waals surface area contributed by atoms with Crippen LogP contribution in [-0.2, 0) is 0 Å². The summed E-state index contributed by atoms with van der Waals surface area (Å²) in [6.45, 7) is 5.68. The molecule has 26 heavy (non-hydrogen) atoms. The van der Waals surface area contributed by atoms with Crippen molar-refractivity contribution in [3.8, 4) is 11.3 Å². The number of hydrogen-bond donors (Lipinski definition) is 2. The van der Waals surface area contributed by atoms with Crippen LogP contribution in [0, 0.1) is 24.4 Å². The first-order chi connectivity index (χ1) is 12.4. The van der Waals surface area contributed by atoms with Crippen molar-refractivity contribution in [3.05, 3.63) is 58.9 Å². The summed E-state index contributed by atoms with van der Waals surface area (Å²) in [7, 11) is 0. The van der Waals surface area contributed by atoms with Crippen LogP contribution in [0.3, 0.4) is 0 Å². The van der Waals surface area contributed by atoms with E-state index < -0.39 is 11.6 Å². The Morgan fingerprint density at radius 2 is 1.69 bits per heavy atom. The Balaban J connectivity index is 0.000000948. The highest BCUT2D eigenvalue weighted by Crippen LogP contribution is 2.45. The third-order valence-electron chi connectivity index (χ3n) is 4.89. The summed E-state index contributed by atoms with van der Waals surface area (Å²) in [6.07, 6.45) is 1.55. The van der Waals surface area contributed by atoms with Crippen molar-refractivity contribution in [1.29, 1.82) is 0 Å². The zero-order valence-electron chi connectivity index (χ0n) is 15.2. The van der Waals surface area contributed by atoms with Gasteiger partial charge >= 0.3 is 0 Å². The molecule has 2 aromatic carbocycles. The van der Waals surface area contributed by atoms with Crippen LogP contribution in [0.15, 0.2) is 30.3 Å². The minimum Gasteiger partial charge on any atom is -0.352 e. The number of rotatable bonds is 2. The topological polar surface area (TPSA) is 41.8 Å². The molecule has 2 nitrogen and oxygen atoms in total. The zero-order chi connectivity index (χ0) is 19.0. The number of nitrogens with two attached hydrogens (primary N) is 1. The molecule has 0 saturated heterocycles. The molecule has 5 heteroatoms. The third kappa shape index (κ3) is 3.12. The van der Waals surface area contributed by atoms with Crippen LogP contribution < -0.4 is 5.73 Å². The van der Waals surface area contributed by atoms with E-state index in [0.717, 1.165) is 35.7 Å². The summed E-state index contributed by atoms with van der Waals surface area (Å²) in [4.78, 5) is 3.08. The molecule has 0 radical (unpaired) electrons. The molecule has 1 heterocycles. The Morgan fingerprint density at radius 1 is 1.00 bits per heavy atom. The van der Waals surface area contributed by atoms with E-state index in [-0.39, 0.29) is 23.3 Å². The van der Waals surface area contributed by atoms with E-state index in [2.05, 4.69) is 4.98 Å². The van der Waals surface area contributed by atoms with Crippen LogP contribution in [0.4, 0.5) is 13.2 Å². The summed E-state index contributed by atoms with van der Waals surface area (Å²) < 4.78 is 41.5. The standard InChI is InChI=1S/C19H17F3N2.C2H6/c1-9-4-10(2-3-15(9)21)18-17(11-5-13(23)6-11)14-7-12(20)8-16(22)19(14)24-18;1-2/h2-4,7-8,11,13,24H,5-6,23H2,1H3;1-2H3. The predicted octanol–water partition coefficient (Wildman–Crippen LogP) is 5.79. The number of hydrogen-bond acceptors (Lipinski definition) is 1. The molecule has 0 amide bonds. The highest BCUT2D eigenvalue weighted by atomic mass is 19.1. The molecule has 1 fully saturated rings. The van der Waals surface area contributed by atoms with E-state index in [4.69, 9.17) is 5.73 Å². The van der Waals surface area contributed by atoms with Crippen molar-refractivity contribution in [2.24, 2.45) is 5.73 Å². The lowest BCUT2D eigenvalue weighted by Crippen LogP contribution is -2.34. The molecule has 138 valence electrons. The van der Waals surface area contributed by atoms with Crippen molar-refractivity contribution in [3.63, 3.8) is 0 Å². The van der Waals surface area contributed by atoms with Gasteiger partial charge in [-0.3, -0.25) is 0 Å². The van der Waals surface area contributed by atoms with Crippen LogP contribution in [-0.4, -0.2) is 11.0 Å². The summed E-state index contributed by atoms with van der Waals surface area (Å²) in [5, 5.41) is 0.543. The average Bonchev–Trinajstić information content (AvgIpc) is 2.95. The van der Waals surface area contributed by atoms with Crippen LogP contribution >= 0.6 is 0 Å². The predicted molar refractivity (Wildman–Crippen MR) is 99.6 cm³/mol. The van der Waals surface area contributed by atoms with E-state index in [1.807, 2.05) is 13.8 Å². The lowest BCUT2D eigenvalue weighted by Gasteiger charge is -2.33. The second-order valence-electron chi connectivity index (χ2n) is 6.62. The molecule has 3 N–H and O–H groups in total. The summed E-state index contributed by atoms with van der Waals surface area (Å²) in [5.74, 6) is -1.37. The molecule has 0 atom stereocenters. The number of halogens is 3. The molecule has 0 unspecified atom stereocenters. The fourth-order valence-corrected chi connectivity index (χ4v) is 3.59. The van der Waals surface area contributed by atoms with Gasteiger partial charge in [0.1, 0.15) is 17.5 Å². The maximum Gasteiger partial charge on any atom is 0.150 e. The molecule has 1 aliphatic carbocycles. The van der Waals surface area contributed by atoms with Crippen LogP contribution in [0.2, 0.25) is 0 Å². The van der Waals surface area contributed by atoms with Gasteiger partial charge in [-0.1, -0.05) is 13.8 Å². The average molecular weight is 360 g/mol. The Bertz CT molecular complexity index is 940. The highest BCUT2D eigenvalue weighted by molar-refractivity contribution is 5.92. The molecule has 0 bridgehead atoms. The van der Waals surface area contributed by atoms with E-state index in [9.17, 15) is 13.2 Å². The maximum absolute atomic E-state index is 14.2. The van der Waals surface area contributed by atoms with Crippen molar-refractivity contribution in [1.82, 2.24) is 4.98 Å². The van der Waals surface area contributed by atoms with Crippen molar-refractivity contribution in [2.45, 2.75) is 45.6 Å². The van der Waals surface area contributed by atoms with Gasteiger partial charge in [-0.05, 0) is 66.6 Å². The van der Waals surface area contributed by atoms with Crippen molar-refractivity contribution >= 4 is 10.9 Å². The molecule has 4 rings (SSSR count). The van der Waals surface area contributed by atoms with Crippen LogP contribution in [0.1, 0.15) is 43.7 Å². The second-order valence-corrected chi connectivity index (χ2v) is 6.62. The van der Waals surface area contributed by atoms with E-state index >= 15 is 0 Å². The second kappa shape index (κ2) is 7.16. The van der Waals surface area contributed by atoms with Gasteiger partial charge in [0.25, 0.3) is 0 Å². The number of aromatic amines is 1. The Morgan fingerprint density at radius 3 is 2.31 bits per heavy atom. The summed E-state index contributed by atoms with van der Waals surface area (Å²) in [6, 6.07) is 7.10. The molecular formula is C21H23F3N2. The molecule has 3 aromatic rings. The molecule has 1 aliphatic rings. The maximum atomic E-state index is 14.2. The van der Waals surface area contributed by atoms with Crippen molar-refractivity contribution < 1.29 is 13.2 Å². The fraction of sp³-hybridized carbons (Fsp3) is 0.333. The van der Waals surface area contributed by atoms with Crippen molar-refractivity contribution in [2.75, 3.05) is 0 Å².